The molecule has 1 aromatic heterocycles. The van der Waals surface area contributed by atoms with Crippen LogP contribution in [0.4, 0.5) is 5.82 Å². The van der Waals surface area contributed by atoms with E-state index in [0.29, 0.717) is 6.10 Å². The van der Waals surface area contributed by atoms with E-state index in [2.05, 4.69) is 10.00 Å². The zero-order valence-electron chi connectivity index (χ0n) is 11.5. The SMILES string of the molecule is CCOC1CCN(c2c(CO)c(C)nn2C)CC1. The first-order valence-electron chi connectivity index (χ1n) is 6.67. The molecular weight excluding hydrogens is 230 g/mol. The lowest BCUT2D eigenvalue weighted by Gasteiger charge is -2.33. The predicted octanol–water partition coefficient (Wildman–Crippen LogP) is 1.23. The topological polar surface area (TPSA) is 50.5 Å². The van der Waals surface area contributed by atoms with Crippen molar-refractivity contribution >= 4 is 5.82 Å². The molecule has 2 heterocycles. The van der Waals surface area contributed by atoms with E-state index < -0.39 is 0 Å². The lowest BCUT2D eigenvalue weighted by atomic mass is 10.1. The van der Waals surface area contributed by atoms with Gasteiger partial charge in [-0.1, -0.05) is 0 Å². The first-order valence-corrected chi connectivity index (χ1v) is 6.67. The molecule has 0 radical (unpaired) electrons. The number of hydrogen-bond acceptors (Lipinski definition) is 4. The molecule has 18 heavy (non-hydrogen) atoms. The first kappa shape index (κ1) is 13.4. The van der Waals surface area contributed by atoms with Crippen LogP contribution in [-0.2, 0) is 18.4 Å². The first-order chi connectivity index (χ1) is 8.67. The maximum absolute atomic E-state index is 9.47. The summed E-state index contributed by atoms with van der Waals surface area (Å²) in [4.78, 5) is 2.31. The average molecular weight is 253 g/mol. The third-order valence-electron chi connectivity index (χ3n) is 3.62. The smallest absolute Gasteiger partial charge is 0.132 e. The van der Waals surface area contributed by atoms with E-state index in [1.807, 2.05) is 25.6 Å². The molecule has 0 amide bonds. The minimum atomic E-state index is 0.0559. The Morgan fingerprint density at radius 2 is 2.06 bits per heavy atom. The summed E-state index contributed by atoms with van der Waals surface area (Å²) in [5.74, 6) is 1.06. The van der Waals surface area contributed by atoms with E-state index >= 15 is 0 Å². The molecule has 0 aromatic carbocycles. The summed E-state index contributed by atoms with van der Waals surface area (Å²) in [7, 11) is 1.94. The highest BCUT2D eigenvalue weighted by atomic mass is 16.5. The molecule has 1 aromatic rings. The Balaban J connectivity index is 2.09. The van der Waals surface area contributed by atoms with Crippen molar-refractivity contribution in [3.63, 3.8) is 0 Å². The molecule has 0 atom stereocenters. The summed E-state index contributed by atoms with van der Waals surface area (Å²) in [6.07, 6.45) is 2.48. The fraction of sp³-hybridized carbons (Fsp3) is 0.769. The number of aliphatic hydroxyl groups excluding tert-OH is 1. The third-order valence-corrected chi connectivity index (χ3v) is 3.62. The lowest BCUT2D eigenvalue weighted by Crippen LogP contribution is -2.38. The van der Waals surface area contributed by atoms with Crippen LogP contribution < -0.4 is 4.90 Å². The van der Waals surface area contributed by atoms with Gasteiger partial charge in [-0.05, 0) is 26.7 Å². The summed E-state index contributed by atoms with van der Waals surface area (Å²) >= 11 is 0. The van der Waals surface area contributed by atoms with Crippen LogP contribution in [0, 0.1) is 6.92 Å². The number of ether oxygens (including phenoxy) is 1. The minimum absolute atomic E-state index is 0.0559. The Morgan fingerprint density at radius 1 is 1.39 bits per heavy atom. The highest BCUT2D eigenvalue weighted by Gasteiger charge is 2.24. The minimum Gasteiger partial charge on any atom is -0.391 e. The van der Waals surface area contributed by atoms with Crippen molar-refractivity contribution < 1.29 is 9.84 Å². The van der Waals surface area contributed by atoms with Gasteiger partial charge in [-0.3, -0.25) is 4.68 Å². The van der Waals surface area contributed by atoms with E-state index in [-0.39, 0.29) is 6.61 Å². The van der Waals surface area contributed by atoms with Gasteiger partial charge in [0.05, 0.1) is 18.4 Å². The molecule has 1 fully saturated rings. The summed E-state index contributed by atoms with van der Waals surface area (Å²) in [6, 6.07) is 0. The molecule has 2 rings (SSSR count). The number of rotatable bonds is 4. The van der Waals surface area contributed by atoms with Crippen molar-refractivity contribution in [3.05, 3.63) is 11.3 Å². The van der Waals surface area contributed by atoms with Crippen molar-refractivity contribution in [2.75, 3.05) is 24.6 Å². The van der Waals surface area contributed by atoms with Gasteiger partial charge in [0.1, 0.15) is 5.82 Å². The van der Waals surface area contributed by atoms with Gasteiger partial charge in [-0.2, -0.15) is 5.10 Å². The number of aryl methyl sites for hydroxylation is 2. The second kappa shape index (κ2) is 5.71. The van der Waals surface area contributed by atoms with Gasteiger partial charge in [-0.25, -0.2) is 0 Å². The number of aliphatic hydroxyl groups is 1. The third kappa shape index (κ3) is 2.52. The fourth-order valence-electron chi connectivity index (χ4n) is 2.74. The molecule has 102 valence electrons. The number of hydrogen-bond donors (Lipinski definition) is 1. The van der Waals surface area contributed by atoms with Gasteiger partial charge >= 0.3 is 0 Å². The van der Waals surface area contributed by atoms with Crippen LogP contribution in [0.3, 0.4) is 0 Å². The van der Waals surface area contributed by atoms with Crippen LogP contribution in [0.25, 0.3) is 0 Å². The van der Waals surface area contributed by atoms with Crippen molar-refractivity contribution in [2.24, 2.45) is 7.05 Å². The molecule has 5 nitrogen and oxygen atoms in total. The standard InChI is InChI=1S/C13H23N3O2/c1-4-18-11-5-7-16(8-6-11)13-12(9-17)10(2)14-15(13)3/h11,17H,4-9H2,1-3H3. The molecule has 0 aliphatic carbocycles. The van der Waals surface area contributed by atoms with Crippen LogP contribution in [0.1, 0.15) is 31.0 Å². The largest absolute Gasteiger partial charge is 0.391 e. The van der Waals surface area contributed by atoms with Gasteiger partial charge in [0.25, 0.3) is 0 Å². The molecule has 0 bridgehead atoms. The molecule has 1 N–H and O–H groups in total. The Bertz CT molecular complexity index is 395. The van der Waals surface area contributed by atoms with Gasteiger partial charge in [0.15, 0.2) is 0 Å². The second-order valence-electron chi connectivity index (χ2n) is 4.81. The zero-order chi connectivity index (χ0) is 13.1. The van der Waals surface area contributed by atoms with Crippen LogP contribution in [0.5, 0.6) is 0 Å². The van der Waals surface area contributed by atoms with Crippen molar-refractivity contribution in [3.8, 4) is 0 Å². The van der Waals surface area contributed by atoms with Crippen molar-refractivity contribution in [1.82, 2.24) is 9.78 Å². The highest BCUT2D eigenvalue weighted by molar-refractivity contribution is 5.50. The molecule has 0 saturated carbocycles. The van der Waals surface area contributed by atoms with Crippen LogP contribution in [0.2, 0.25) is 0 Å². The molecular formula is C13H23N3O2. The Morgan fingerprint density at radius 3 is 2.61 bits per heavy atom. The number of aromatic nitrogens is 2. The van der Waals surface area contributed by atoms with E-state index in [4.69, 9.17) is 4.74 Å². The molecule has 1 aliphatic rings. The Kier molecular flexibility index (Phi) is 4.24. The monoisotopic (exact) mass is 253 g/mol. The van der Waals surface area contributed by atoms with Gasteiger partial charge in [-0.15, -0.1) is 0 Å². The van der Waals surface area contributed by atoms with Crippen LogP contribution in [0.15, 0.2) is 0 Å². The quantitative estimate of drug-likeness (QED) is 0.876. The average Bonchev–Trinajstić information content (AvgIpc) is 2.65. The van der Waals surface area contributed by atoms with Crippen molar-refractivity contribution in [1.29, 1.82) is 0 Å². The van der Waals surface area contributed by atoms with E-state index in [9.17, 15) is 5.11 Å². The summed E-state index contributed by atoms with van der Waals surface area (Å²) in [5.41, 5.74) is 1.87. The molecule has 1 saturated heterocycles. The van der Waals surface area contributed by atoms with Crippen LogP contribution in [-0.4, -0.2) is 40.7 Å². The van der Waals surface area contributed by atoms with Gasteiger partial charge in [0, 0.05) is 32.3 Å². The summed E-state index contributed by atoms with van der Waals surface area (Å²) in [6.45, 7) is 6.77. The maximum atomic E-state index is 9.47. The number of anilines is 1. The summed E-state index contributed by atoms with van der Waals surface area (Å²) in [5, 5.41) is 13.9. The molecule has 0 unspecified atom stereocenters. The van der Waals surface area contributed by atoms with Gasteiger partial charge in [0.2, 0.25) is 0 Å². The maximum Gasteiger partial charge on any atom is 0.132 e. The van der Waals surface area contributed by atoms with E-state index in [0.717, 1.165) is 49.6 Å². The fourth-order valence-corrected chi connectivity index (χ4v) is 2.74. The highest BCUT2D eigenvalue weighted by Crippen LogP contribution is 2.26. The molecule has 1 aliphatic heterocycles. The Hall–Kier alpha value is -1.07. The second-order valence-corrected chi connectivity index (χ2v) is 4.81. The molecule has 5 heteroatoms. The van der Waals surface area contributed by atoms with E-state index in [1.54, 1.807) is 0 Å². The molecule has 0 spiro atoms. The predicted molar refractivity (Wildman–Crippen MR) is 70.7 cm³/mol. The lowest BCUT2D eigenvalue weighted by molar-refractivity contribution is 0.0457. The normalized spacial score (nSPS) is 17.4. The Labute approximate surface area is 108 Å². The van der Waals surface area contributed by atoms with Crippen LogP contribution >= 0.6 is 0 Å². The zero-order valence-corrected chi connectivity index (χ0v) is 11.5. The van der Waals surface area contributed by atoms with Gasteiger partial charge < -0.3 is 14.7 Å². The number of nitrogens with zero attached hydrogens (tertiary/aromatic N) is 3. The van der Waals surface area contributed by atoms with Crippen molar-refractivity contribution in [2.45, 2.75) is 39.4 Å². The summed E-state index contributed by atoms with van der Waals surface area (Å²) < 4.78 is 7.54. The number of piperidine rings is 1. The van der Waals surface area contributed by atoms with E-state index in [1.165, 1.54) is 0 Å².